The molecule has 0 rings (SSSR count). The Morgan fingerprint density at radius 2 is 1.60 bits per heavy atom. The Hall–Kier alpha value is 0.415. The van der Waals surface area contributed by atoms with Gasteiger partial charge in [0.05, 0.1) is 0 Å². The maximum Gasteiger partial charge on any atom is 0.202 e. The van der Waals surface area contributed by atoms with Gasteiger partial charge in [-0.3, -0.25) is 0 Å². The van der Waals surface area contributed by atoms with E-state index in [0.717, 1.165) is 5.99 Å². The summed E-state index contributed by atoms with van der Waals surface area (Å²) in [6.07, 6.45) is 2.12. The van der Waals surface area contributed by atoms with Crippen LogP contribution in [0.25, 0.3) is 0 Å². The zero-order valence-corrected chi connectivity index (χ0v) is 4.80. The molecule has 0 atom stereocenters. The summed E-state index contributed by atoms with van der Waals surface area (Å²) >= 11 is 1.88. The maximum absolute atomic E-state index is 2.19. The molecule has 0 saturated heterocycles. The van der Waals surface area contributed by atoms with Gasteiger partial charge in [-0.15, -0.1) is 0 Å². The first-order valence-electron chi connectivity index (χ1n) is 1.80. The Bertz CT molecular complexity index is 20.9. The summed E-state index contributed by atoms with van der Waals surface area (Å²) in [5.41, 5.74) is 0. The van der Waals surface area contributed by atoms with E-state index in [-0.39, 0.29) is 0 Å². The van der Waals surface area contributed by atoms with E-state index in [9.17, 15) is 0 Å². The summed E-state index contributed by atoms with van der Waals surface area (Å²) in [6.45, 7) is 4.37. The van der Waals surface area contributed by atoms with Gasteiger partial charge in [-0.05, 0) is 6.26 Å². The van der Waals surface area contributed by atoms with Gasteiger partial charge in [-0.1, -0.05) is 13.6 Å². The first-order chi connectivity index (χ1) is 2.27. The van der Waals surface area contributed by atoms with Crippen LogP contribution >= 0.6 is 11.6 Å². The molecule has 5 heavy (non-hydrogen) atoms. The molecule has 0 bridgehead atoms. The summed E-state index contributed by atoms with van der Waals surface area (Å²) in [6, 6.07) is 0. The van der Waals surface area contributed by atoms with Crippen LogP contribution < -0.4 is 0 Å². The van der Waals surface area contributed by atoms with Crippen molar-refractivity contribution in [2.24, 2.45) is 0 Å². The highest BCUT2D eigenvalue weighted by atomic mass is 32.2. The average Bonchev–Trinajstić information content (AvgIpc) is 1.38. The van der Waals surface area contributed by atoms with Crippen molar-refractivity contribution < 1.29 is 0 Å². The third-order valence-electron chi connectivity index (χ3n) is 0.471. The minimum absolute atomic E-state index is 0.801. The molecule has 0 aromatic heterocycles. The molecular formula is C3H9BS. The lowest BCUT2D eigenvalue weighted by atomic mass is 9.84. The van der Waals surface area contributed by atoms with Crippen LogP contribution in [0.2, 0.25) is 13.6 Å². The first-order valence-corrected chi connectivity index (χ1v) is 3.09. The van der Waals surface area contributed by atoms with Crippen molar-refractivity contribution in [2.75, 3.05) is 6.26 Å². The summed E-state index contributed by atoms with van der Waals surface area (Å²) < 4.78 is 0. The smallest absolute Gasteiger partial charge is 0.202 e. The van der Waals surface area contributed by atoms with Crippen molar-refractivity contribution in [3.05, 3.63) is 0 Å². The Morgan fingerprint density at radius 3 is 1.60 bits per heavy atom. The lowest BCUT2D eigenvalue weighted by Gasteiger charge is -1.85. The van der Waals surface area contributed by atoms with Gasteiger partial charge in [0.25, 0.3) is 0 Å². The topological polar surface area (TPSA) is 0 Å². The summed E-state index contributed by atoms with van der Waals surface area (Å²) in [4.78, 5) is 0. The zero-order valence-electron chi connectivity index (χ0n) is 3.99. The lowest BCUT2D eigenvalue weighted by Crippen LogP contribution is -1.86. The third-order valence-corrected chi connectivity index (χ3v) is 1.41. The van der Waals surface area contributed by atoms with Crippen molar-refractivity contribution in [3.63, 3.8) is 0 Å². The molecule has 0 N–H and O–H groups in total. The van der Waals surface area contributed by atoms with Gasteiger partial charge in [-0.25, -0.2) is 11.6 Å². The van der Waals surface area contributed by atoms with Gasteiger partial charge in [-0.2, -0.15) is 0 Å². The molecule has 0 aliphatic heterocycles. The molecule has 0 nitrogen and oxygen atoms in total. The largest absolute Gasteiger partial charge is 0.214 e. The van der Waals surface area contributed by atoms with Crippen LogP contribution in [0.5, 0.6) is 0 Å². The molecule has 0 fully saturated rings. The fourth-order valence-corrected chi connectivity index (χ4v) is 0. The molecule has 30 valence electrons. The number of hydrogen-bond donors (Lipinski definition) is 0. The lowest BCUT2D eigenvalue weighted by molar-refractivity contribution is 2.10. The second-order valence-corrected chi connectivity index (χ2v) is 2.70. The zero-order chi connectivity index (χ0) is 4.28. The molecule has 0 spiro atoms. The predicted octanol–water partition coefficient (Wildman–Crippen LogP) is 1.60. The fraction of sp³-hybridized carbons (Fsp3) is 1.00. The van der Waals surface area contributed by atoms with E-state index in [2.05, 4.69) is 19.9 Å². The molecule has 0 aromatic carbocycles. The molecule has 0 radical (unpaired) electrons. The van der Waals surface area contributed by atoms with E-state index in [1.807, 2.05) is 11.6 Å². The van der Waals surface area contributed by atoms with Crippen LogP contribution in [-0.2, 0) is 0 Å². The van der Waals surface area contributed by atoms with Gasteiger partial charge >= 0.3 is 0 Å². The molecule has 0 aliphatic rings. The first kappa shape index (κ1) is 5.41. The minimum atomic E-state index is 0.801. The maximum atomic E-state index is 2.19. The highest BCUT2D eigenvalue weighted by Gasteiger charge is 1.87. The molecule has 0 aliphatic carbocycles. The van der Waals surface area contributed by atoms with Gasteiger partial charge in [0.1, 0.15) is 0 Å². The number of hydrogen-bond acceptors (Lipinski definition) is 1. The van der Waals surface area contributed by atoms with Crippen molar-refractivity contribution in [1.82, 2.24) is 0 Å². The Kier molecular flexibility index (Phi) is 2.86. The Balaban J connectivity index is 2.54. The van der Waals surface area contributed by atoms with E-state index in [1.165, 1.54) is 0 Å². The Labute approximate surface area is 38.3 Å². The quantitative estimate of drug-likeness (QED) is 0.438. The highest BCUT2D eigenvalue weighted by molar-refractivity contribution is 8.24. The van der Waals surface area contributed by atoms with Crippen molar-refractivity contribution in [3.8, 4) is 0 Å². The second kappa shape index (κ2) is 2.64. The molecular weight excluding hydrogens is 78.9 g/mol. The van der Waals surface area contributed by atoms with Crippen LogP contribution in [0.3, 0.4) is 0 Å². The Morgan fingerprint density at radius 1 is 1.40 bits per heavy atom. The van der Waals surface area contributed by atoms with Gasteiger partial charge in [0.15, 0.2) is 0 Å². The van der Waals surface area contributed by atoms with Crippen molar-refractivity contribution >= 4 is 17.6 Å². The SMILES string of the molecule is CSB(C)C. The van der Waals surface area contributed by atoms with E-state index in [0.29, 0.717) is 0 Å². The molecule has 0 amide bonds. The molecule has 0 unspecified atom stereocenters. The summed E-state index contributed by atoms with van der Waals surface area (Å²) in [7, 11) is 0. The van der Waals surface area contributed by atoms with Crippen LogP contribution in [0.1, 0.15) is 0 Å². The second-order valence-electron chi connectivity index (χ2n) is 1.28. The molecule has 0 heterocycles. The van der Waals surface area contributed by atoms with Crippen molar-refractivity contribution in [1.29, 1.82) is 0 Å². The average molecular weight is 88.0 g/mol. The third kappa shape index (κ3) is 4.41. The normalized spacial score (nSPS) is 7.80. The van der Waals surface area contributed by atoms with Crippen LogP contribution in [0, 0.1) is 0 Å². The van der Waals surface area contributed by atoms with E-state index in [4.69, 9.17) is 0 Å². The summed E-state index contributed by atoms with van der Waals surface area (Å²) in [5.74, 6) is 0.801. The van der Waals surface area contributed by atoms with Crippen LogP contribution in [0.4, 0.5) is 0 Å². The molecule has 0 saturated carbocycles. The predicted molar refractivity (Wildman–Crippen MR) is 31.0 cm³/mol. The van der Waals surface area contributed by atoms with Gasteiger partial charge in [0.2, 0.25) is 5.99 Å². The van der Waals surface area contributed by atoms with E-state index < -0.39 is 0 Å². The van der Waals surface area contributed by atoms with E-state index in [1.54, 1.807) is 0 Å². The minimum Gasteiger partial charge on any atom is -0.214 e. The van der Waals surface area contributed by atoms with Gasteiger partial charge in [0, 0.05) is 0 Å². The highest BCUT2D eigenvalue weighted by Crippen LogP contribution is 1.96. The van der Waals surface area contributed by atoms with Crippen LogP contribution in [-0.4, -0.2) is 12.2 Å². The van der Waals surface area contributed by atoms with Gasteiger partial charge < -0.3 is 0 Å². The monoisotopic (exact) mass is 88.1 g/mol. The number of rotatable bonds is 1. The van der Waals surface area contributed by atoms with Crippen molar-refractivity contribution in [2.45, 2.75) is 13.6 Å². The standard InChI is InChI=1S/C3H9BS/c1-4(2)5-3/h1-3H3. The molecule has 2 heteroatoms. The van der Waals surface area contributed by atoms with E-state index >= 15 is 0 Å². The molecule has 0 aromatic rings. The van der Waals surface area contributed by atoms with Crippen LogP contribution in [0.15, 0.2) is 0 Å². The summed E-state index contributed by atoms with van der Waals surface area (Å²) in [5, 5.41) is 0. The fourth-order valence-electron chi connectivity index (χ4n) is 0.